The van der Waals surface area contributed by atoms with Crippen molar-refractivity contribution in [1.29, 1.82) is 0 Å². The summed E-state index contributed by atoms with van der Waals surface area (Å²) in [6, 6.07) is 6.68. The summed E-state index contributed by atoms with van der Waals surface area (Å²) in [4.78, 5) is 10.5. The van der Waals surface area contributed by atoms with Crippen molar-refractivity contribution in [2.45, 2.75) is 13.2 Å². The van der Waals surface area contributed by atoms with Gasteiger partial charge in [0.25, 0.3) is 6.23 Å². The average Bonchev–Trinajstić information content (AvgIpc) is 2.34. The van der Waals surface area contributed by atoms with Crippen LogP contribution in [0, 0.1) is 10.1 Å². The summed E-state index contributed by atoms with van der Waals surface area (Å²) < 4.78 is 5.51. The van der Waals surface area contributed by atoms with Crippen molar-refractivity contribution >= 4 is 5.69 Å². The van der Waals surface area contributed by atoms with E-state index in [2.05, 4.69) is 5.32 Å². The van der Waals surface area contributed by atoms with Crippen LogP contribution >= 0.6 is 0 Å². The van der Waals surface area contributed by atoms with Gasteiger partial charge in [-0.15, -0.1) is 0 Å². The molecule has 1 aromatic carbocycles. The van der Waals surface area contributed by atoms with Crippen LogP contribution in [-0.4, -0.2) is 11.2 Å². The van der Waals surface area contributed by atoms with Crippen molar-refractivity contribution in [1.82, 2.24) is 5.32 Å². The first-order chi connectivity index (χ1) is 8.56. The summed E-state index contributed by atoms with van der Waals surface area (Å²) in [6.45, 7) is 1.77. The molecule has 1 heterocycles. The molecule has 0 fully saturated rings. The predicted octanol–water partition coefficient (Wildman–Crippen LogP) is 1.64. The molecule has 1 aliphatic heterocycles. The van der Waals surface area contributed by atoms with Gasteiger partial charge < -0.3 is 15.8 Å². The van der Waals surface area contributed by atoms with Crippen molar-refractivity contribution in [3.05, 3.63) is 57.9 Å². The zero-order valence-corrected chi connectivity index (χ0v) is 9.79. The van der Waals surface area contributed by atoms with Crippen molar-refractivity contribution in [2.75, 3.05) is 5.73 Å². The number of nitrogens with one attached hydrogen (secondary N) is 1. The summed E-state index contributed by atoms with van der Waals surface area (Å²) in [7, 11) is 0. The molecule has 1 atom stereocenters. The van der Waals surface area contributed by atoms with Gasteiger partial charge in [0.1, 0.15) is 5.75 Å². The summed E-state index contributed by atoms with van der Waals surface area (Å²) in [6.07, 6.45) is 2.36. The smallest absolute Gasteiger partial charge is 0.307 e. The van der Waals surface area contributed by atoms with Gasteiger partial charge >= 0.3 is 5.70 Å². The number of allylic oxidation sites excluding steroid dienone is 2. The Kier molecular flexibility index (Phi) is 3.18. The van der Waals surface area contributed by atoms with Crippen LogP contribution < -0.4 is 15.8 Å². The van der Waals surface area contributed by atoms with E-state index in [1.54, 1.807) is 37.4 Å². The first kappa shape index (κ1) is 12.0. The molecule has 0 bridgehead atoms. The van der Waals surface area contributed by atoms with Gasteiger partial charge in [0.05, 0.1) is 4.92 Å². The highest BCUT2D eigenvalue weighted by molar-refractivity contribution is 5.41. The Bertz CT molecular complexity index is 520. The maximum atomic E-state index is 10.9. The lowest BCUT2D eigenvalue weighted by Crippen LogP contribution is -2.37. The third-order valence-corrected chi connectivity index (χ3v) is 2.45. The molecule has 0 saturated carbocycles. The molecular formula is C12H13N3O3. The number of anilines is 1. The molecule has 0 aromatic heterocycles. The molecule has 1 unspecified atom stereocenters. The summed E-state index contributed by atoms with van der Waals surface area (Å²) in [5.74, 6) is 0.516. The number of ether oxygens (including phenoxy) is 1. The highest BCUT2D eigenvalue weighted by Gasteiger charge is 2.28. The van der Waals surface area contributed by atoms with Crippen molar-refractivity contribution in [3.8, 4) is 5.75 Å². The third kappa shape index (κ3) is 2.60. The summed E-state index contributed by atoms with van der Waals surface area (Å²) in [5.41, 5.74) is 6.92. The summed E-state index contributed by atoms with van der Waals surface area (Å²) >= 11 is 0. The van der Waals surface area contributed by atoms with E-state index in [9.17, 15) is 10.1 Å². The first-order valence-electron chi connectivity index (χ1n) is 5.37. The zero-order chi connectivity index (χ0) is 13.1. The molecule has 0 aliphatic carbocycles. The van der Waals surface area contributed by atoms with Crippen LogP contribution in [0.5, 0.6) is 5.75 Å². The van der Waals surface area contributed by atoms with Gasteiger partial charge in [-0.05, 0) is 36.8 Å². The van der Waals surface area contributed by atoms with Gasteiger partial charge in [-0.3, -0.25) is 10.1 Å². The van der Waals surface area contributed by atoms with E-state index in [-0.39, 0.29) is 5.70 Å². The fraction of sp³-hybridized carbons (Fsp3) is 0.167. The number of nitrogens with two attached hydrogens (primary N) is 1. The van der Waals surface area contributed by atoms with E-state index in [0.717, 1.165) is 5.57 Å². The van der Waals surface area contributed by atoms with Crippen LogP contribution in [0.2, 0.25) is 0 Å². The molecule has 94 valence electrons. The minimum absolute atomic E-state index is 0.0215. The standard InChI is InChI=1S/C12H13N3O3/c1-8-6-11(15(16)17)12(14-7-8)18-10-4-2-9(13)3-5-10/h2-7,12,14H,13H2,1H3. The monoisotopic (exact) mass is 247 g/mol. The van der Waals surface area contributed by atoms with Crippen LogP contribution in [0.25, 0.3) is 0 Å². The molecule has 1 aromatic rings. The van der Waals surface area contributed by atoms with Crippen molar-refractivity contribution in [2.24, 2.45) is 0 Å². The van der Waals surface area contributed by atoms with E-state index in [1.807, 2.05) is 0 Å². The molecule has 0 saturated heterocycles. The minimum Gasteiger partial charge on any atom is -0.460 e. The van der Waals surface area contributed by atoms with Crippen molar-refractivity contribution in [3.63, 3.8) is 0 Å². The molecule has 3 N–H and O–H groups in total. The Labute approximate surface area is 104 Å². The second-order valence-corrected chi connectivity index (χ2v) is 3.95. The van der Waals surface area contributed by atoms with Gasteiger partial charge in [-0.1, -0.05) is 0 Å². The lowest BCUT2D eigenvalue weighted by Gasteiger charge is -2.20. The highest BCUT2D eigenvalue weighted by atomic mass is 16.6. The Morgan fingerprint density at radius 1 is 1.39 bits per heavy atom. The predicted molar refractivity (Wildman–Crippen MR) is 67.2 cm³/mol. The third-order valence-electron chi connectivity index (χ3n) is 2.45. The van der Waals surface area contributed by atoms with E-state index >= 15 is 0 Å². The number of nitrogens with zero attached hydrogens (tertiary/aromatic N) is 1. The highest BCUT2D eigenvalue weighted by Crippen LogP contribution is 2.19. The molecule has 18 heavy (non-hydrogen) atoms. The van der Waals surface area contributed by atoms with E-state index in [0.29, 0.717) is 11.4 Å². The van der Waals surface area contributed by atoms with Crippen molar-refractivity contribution < 1.29 is 9.66 Å². The Hall–Kier alpha value is -2.50. The van der Waals surface area contributed by atoms with E-state index in [4.69, 9.17) is 10.5 Å². The van der Waals surface area contributed by atoms with Crippen LogP contribution in [0.1, 0.15) is 6.92 Å². The topological polar surface area (TPSA) is 90.4 Å². The number of nitrogen functional groups attached to an aromatic ring is 1. The zero-order valence-electron chi connectivity index (χ0n) is 9.79. The first-order valence-corrected chi connectivity index (χ1v) is 5.37. The molecule has 6 nitrogen and oxygen atoms in total. The number of rotatable bonds is 3. The van der Waals surface area contributed by atoms with E-state index < -0.39 is 11.2 Å². The van der Waals surface area contributed by atoms with Gasteiger partial charge in [0.15, 0.2) is 0 Å². The maximum Gasteiger partial charge on any atom is 0.307 e. The molecule has 1 aliphatic rings. The number of benzene rings is 1. The quantitative estimate of drug-likeness (QED) is 0.481. The fourth-order valence-corrected chi connectivity index (χ4v) is 1.57. The normalized spacial score (nSPS) is 18.4. The van der Waals surface area contributed by atoms with Gasteiger partial charge in [-0.25, -0.2) is 0 Å². The Morgan fingerprint density at radius 2 is 2.06 bits per heavy atom. The number of nitro groups is 1. The summed E-state index contributed by atoms with van der Waals surface area (Å²) in [5, 5.41) is 13.8. The van der Waals surface area contributed by atoms with Gasteiger partial charge in [0, 0.05) is 18.0 Å². The molecular weight excluding hydrogens is 234 g/mol. The number of dihydropyridines is 1. The Morgan fingerprint density at radius 3 is 2.67 bits per heavy atom. The molecule has 0 spiro atoms. The van der Waals surface area contributed by atoms with Gasteiger partial charge in [0.2, 0.25) is 0 Å². The van der Waals surface area contributed by atoms with Gasteiger partial charge in [-0.2, -0.15) is 0 Å². The average molecular weight is 247 g/mol. The molecule has 2 rings (SSSR count). The Balaban J connectivity index is 2.16. The lowest BCUT2D eigenvalue weighted by molar-refractivity contribution is -0.436. The van der Waals surface area contributed by atoms with Crippen LogP contribution in [0.3, 0.4) is 0 Å². The second kappa shape index (κ2) is 4.79. The second-order valence-electron chi connectivity index (χ2n) is 3.95. The molecule has 0 amide bonds. The van der Waals surface area contributed by atoms with Crippen LogP contribution in [0.15, 0.2) is 47.8 Å². The largest absolute Gasteiger partial charge is 0.460 e. The lowest BCUT2D eigenvalue weighted by atomic mass is 10.2. The fourth-order valence-electron chi connectivity index (χ4n) is 1.57. The molecule has 6 heteroatoms. The SMILES string of the molecule is CC1=CNC(Oc2ccc(N)cc2)C([N+](=O)[O-])=C1. The minimum atomic E-state index is -0.799. The molecule has 0 radical (unpaired) electrons. The van der Waals surface area contributed by atoms with E-state index in [1.165, 1.54) is 6.08 Å². The van der Waals surface area contributed by atoms with Crippen LogP contribution in [0.4, 0.5) is 5.69 Å². The number of hydrogen-bond donors (Lipinski definition) is 2. The van der Waals surface area contributed by atoms with Crippen LogP contribution in [-0.2, 0) is 0 Å². The number of hydrogen-bond acceptors (Lipinski definition) is 5. The maximum absolute atomic E-state index is 10.9.